The Morgan fingerprint density at radius 2 is 2.23 bits per heavy atom. The third-order valence-electron chi connectivity index (χ3n) is 1.76. The molecule has 72 valence electrons. The van der Waals surface area contributed by atoms with Crippen molar-refractivity contribution in [3.63, 3.8) is 0 Å². The van der Waals surface area contributed by atoms with Gasteiger partial charge in [0.25, 0.3) is 0 Å². The Bertz CT molecular complexity index is 288. The molecule has 13 heavy (non-hydrogen) atoms. The molecule has 0 fully saturated rings. The predicted molar refractivity (Wildman–Crippen MR) is 53.4 cm³/mol. The van der Waals surface area contributed by atoms with Crippen LogP contribution in [-0.4, -0.2) is 22.7 Å². The number of methoxy groups -OCH3 is 1. The molecule has 1 rings (SSSR count). The lowest BCUT2D eigenvalue weighted by atomic mass is 10.1. The van der Waals surface area contributed by atoms with E-state index in [1.807, 2.05) is 0 Å². The molecule has 0 amide bonds. The van der Waals surface area contributed by atoms with Crippen LogP contribution in [0.5, 0.6) is 11.5 Å². The maximum atomic E-state index is 9.58. The number of benzene rings is 1. The molecule has 0 bridgehead atoms. The van der Waals surface area contributed by atoms with Gasteiger partial charge in [-0.15, -0.1) is 0 Å². The van der Waals surface area contributed by atoms with Gasteiger partial charge in [-0.25, -0.2) is 0 Å². The number of alkyl halides is 1. The van der Waals surface area contributed by atoms with Crippen molar-refractivity contribution in [1.82, 2.24) is 0 Å². The summed E-state index contributed by atoms with van der Waals surface area (Å²) in [7, 11) is 1.47. The molecule has 0 aliphatic carbocycles. The summed E-state index contributed by atoms with van der Waals surface area (Å²) in [5.41, 5.74) is 0.469. The third-order valence-corrected chi connectivity index (χ3v) is 2.37. The second-order valence-electron chi connectivity index (χ2n) is 2.57. The molecule has 3 nitrogen and oxygen atoms in total. The lowest BCUT2D eigenvalue weighted by Crippen LogP contribution is -1.99. The van der Waals surface area contributed by atoms with Crippen LogP contribution < -0.4 is 4.74 Å². The van der Waals surface area contributed by atoms with Gasteiger partial charge < -0.3 is 14.9 Å². The van der Waals surface area contributed by atoms with Gasteiger partial charge in [0.2, 0.25) is 0 Å². The number of hydrogen-bond donors (Lipinski definition) is 2. The van der Waals surface area contributed by atoms with Gasteiger partial charge in [0.1, 0.15) is 0 Å². The quantitative estimate of drug-likeness (QED) is 0.801. The number of halogens is 1. The molecule has 0 saturated heterocycles. The summed E-state index contributed by atoms with van der Waals surface area (Å²) in [6.07, 6.45) is -0.713. The highest BCUT2D eigenvalue weighted by Gasteiger charge is 2.13. The van der Waals surface area contributed by atoms with Crippen molar-refractivity contribution in [2.24, 2.45) is 0 Å². The molecule has 0 aliphatic rings. The van der Waals surface area contributed by atoms with Gasteiger partial charge in [-0.1, -0.05) is 28.1 Å². The molecule has 0 aromatic heterocycles. The van der Waals surface area contributed by atoms with Crippen molar-refractivity contribution in [2.45, 2.75) is 6.10 Å². The molecular formula is C9H11BrO3. The Morgan fingerprint density at radius 1 is 1.54 bits per heavy atom. The van der Waals surface area contributed by atoms with Crippen LogP contribution in [-0.2, 0) is 0 Å². The lowest BCUT2D eigenvalue weighted by molar-refractivity contribution is 0.199. The van der Waals surface area contributed by atoms with Gasteiger partial charge in [0, 0.05) is 10.9 Å². The van der Waals surface area contributed by atoms with Crippen LogP contribution >= 0.6 is 15.9 Å². The zero-order valence-corrected chi connectivity index (χ0v) is 8.78. The van der Waals surface area contributed by atoms with Gasteiger partial charge in [0.05, 0.1) is 13.2 Å². The van der Waals surface area contributed by atoms with Crippen LogP contribution in [0.15, 0.2) is 18.2 Å². The Morgan fingerprint density at radius 3 is 2.77 bits per heavy atom. The number of aromatic hydroxyl groups is 1. The highest BCUT2D eigenvalue weighted by atomic mass is 79.9. The highest BCUT2D eigenvalue weighted by Crippen LogP contribution is 2.33. The maximum absolute atomic E-state index is 9.58. The molecule has 0 radical (unpaired) electrons. The maximum Gasteiger partial charge on any atom is 0.163 e. The Labute approximate surface area is 85.1 Å². The van der Waals surface area contributed by atoms with E-state index in [0.717, 1.165) is 0 Å². The second-order valence-corrected chi connectivity index (χ2v) is 3.22. The third kappa shape index (κ3) is 2.14. The molecule has 0 aliphatic heterocycles. The minimum Gasteiger partial charge on any atom is -0.504 e. The zero-order valence-electron chi connectivity index (χ0n) is 7.20. The molecule has 1 aromatic rings. The number of rotatable bonds is 3. The van der Waals surface area contributed by atoms with Crippen molar-refractivity contribution >= 4 is 15.9 Å². The van der Waals surface area contributed by atoms with Crippen molar-refractivity contribution in [2.75, 3.05) is 12.4 Å². The summed E-state index contributed by atoms with van der Waals surface area (Å²) in [4.78, 5) is 0. The van der Waals surface area contributed by atoms with Gasteiger partial charge >= 0.3 is 0 Å². The number of phenols is 1. The van der Waals surface area contributed by atoms with E-state index in [0.29, 0.717) is 16.6 Å². The van der Waals surface area contributed by atoms with Gasteiger partial charge in [0.15, 0.2) is 11.5 Å². The first-order valence-electron chi connectivity index (χ1n) is 3.80. The monoisotopic (exact) mass is 246 g/mol. The van der Waals surface area contributed by atoms with Gasteiger partial charge in [-0.3, -0.25) is 0 Å². The fourth-order valence-electron chi connectivity index (χ4n) is 1.06. The summed E-state index contributed by atoms with van der Waals surface area (Å²) in [6, 6.07) is 5.02. The van der Waals surface area contributed by atoms with Crippen LogP contribution in [0.4, 0.5) is 0 Å². The largest absolute Gasteiger partial charge is 0.504 e. The first kappa shape index (κ1) is 10.3. The molecule has 2 N–H and O–H groups in total. The van der Waals surface area contributed by atoms with E-state index < -0.39 is 6.10 Å². The van der Waals surface area contributed by atoms with E-state index in [-0.39, 0.29) is 5.75 Å². The summed E-state index contributed by atoms with van der Waals surface area (Å²) >= 11 is 3.13. The standard InChI is InChI=1S/C9H11BrO3/c1-13-8-4-2-3-6(9(8)12)7(11)5-10/h2-4,7,11-12H,5H2,1H3. The van der Waals surface area contributed by atoms with Crippen LogP contribution in [0.1, 0.15) is 11.7 Å². The summed E-state index contributed by atoms with van der Waals surface area (Å²) in [6.45, 7) is 0. The average molecular weight is 247 g/mol. The molecule has 1 atom stereocenters. The summed E-state index contributed by atoms with van der Waals surface area (Å²) in [5, 5.41) is 19.4. The first-order valence-corrected chi connectivity index (χ1v) is 4.92. The van der Waals surface area contributed by atoms with Crippen LogP contribution in [0.25, 0.3) is 0 Å². The number of aliphatic hydroxyl groups is 1. The fourth-order valence-corrected chi connectivity index (χ4v) is 1.40. The number of aliphatic hydroxyl groups excluding tert-OH is 1. The van der Waals surface area contributed by atoms with Crippen LogP contribution in [0, 0.1) is 0 Å². The van der Waals surface area contributed by atoms with Crippen molar-refractivity contribution in [1.29, 1.82) is 0 Å². The minimum atomic E-state index is -0.713. The van der Waals surface area contributed by atoms with E-state index in [4.69, 9.17) is 4.74 Å². The van der Waals surface area contributed by atoms with E-state index in [9.17, 15) is 10.2 Å². The Balaban J connectivity index is 3.08. The van der Waals surface area contributed by atoms with E-state index >= 15 is 0 Å². The lowest BCUT2D eigenvalue weighted by Gasteiger charge is -2.11. The van der Waals surface area contributed by atoms with Crippen molar-refractivity contribution in [3.8, 4) is 11.5 Å². The molecule has 1 aromatic carbocycles. The predicted octanol–water partition coefficient (Wildman–Crippen LogP) is 1.83. The van der Waals surface area contributed by atoms with E-state index in [2.05, 4.69) is 15.9 Å². The SMILES string of the molecule is COc1cccc(C(O)CBr)c1O. The fraction of sp³-hybridized carbons (Fsp3) is 0.333. The number of ether oxygens (including phenoxy) is 1. The molecule has 1 unspecified atom stereocenters. The van der Waals surface area contributed by atoms with E-state index in [1.165, 1.54) is 7.11 Å². The highest BCUT2D eigenvalue weighted by molar-refractivity contribution is 9.09. The van der Waals surface area contributed by atoms with Crippen molar-refractivity contribution in [3.05, 3.63) is 23.8 Å². The van der Waals surface area contributed by atoms with Gasteiger partial charge in [-0.2, -0.15) is 0 Å². The van der Waals surface area contributed by atoms with Crippen LogP contribution in [0.2, 0.25) is 0 Å². The number of phenolic OH excluding ortho intramolecular Hbond substituents is 1. The van der Waals surface area contributed by atoms with Gasteiger partial charge in [-0.05, 0) is 6.07 Å². The Hall–Kier alpha value is -0.740. The number of para-hydroxylation sites is 1. The van der Waals surface area contributed by atoms with Crippen LogP contribution in [0.3, 0.4) is 0 Å². The number of hydrogen-bond acceptors (Lipinski definition) is 3. The topological polar surface area (TPSA) is 49.7 Å². The summed E-state index contributed by atoms with van der Waals surface area (Å²) < 4.78 is 4.90. The zero-order chi connectivity index (χ0) is 9.84. The molecule has 0 spiro atoms. The first-order chi connectivity index (χ1) is 6.20. The molecule has 0 heterocycles. The smallest absolute Gasteiger partial charge is 0.163 e. The van der Waals surface area contributed by atoms with E-state index in [1.54, 1.807) is 18.2 Å². The Kier molecular flexibility index (Phi) is 3.57. The normalized spacial score (nSPS) is 12.5. The molecule has 0 saturated carbocycles. The molecular weight excluding hydrogens is 236 g/mol. The average Bonchev–Trinajstić information content (AvgIpc) is 2.17. The van der Waals surface area contributed by atoms with Crippen molar-refractivity contribution < 1.29 is 14.9 Å². The second kappa shape index (κ2) is 4.48. The minimum absolute atomic E-state index is 0.00282. The summed E-state index contributed by atoms with van der Waals surface area (Å²) in [5.74, 6) is 0.370. The molecule has 4 heteroatoms.